The minimum atomic E-state index is -0.473. The summed E-state index contributed by atoms with van der Waals surface area (Å²) in [5.41, 5.74) is 6.22. The van der Waals surface area contributed by atoms with Gasteiger partial charge in [-0.3, -0.25) is 0 Å². The summed E-state index contributed by atoms with van der Waals surface area (Å²) in [6.45, 7) is 0.757. The average molecular weight is 286 g/mol. The molecule has 0 spiro atoms. The van der Waals surface area contributed by atoms with Crippen LogP contribution in [-0.4, -0.2) is 12.6 Å². The van der Waals surface area contributed by atoms with Gasteiger partial charge in [0.1, 0.15) is 5.75 Å². The molecule has 1 heterocycles. The summed E-state index contributed by atoms with van der Waals surface area (Å²) in [5, 5.41) is 4.63. The van der Waals surface area contributed by atoms with Gasteiger partial charge in [0.2, 0.25) is 0 Å². The molecule has 3 N–H and O–H groups in total. The molecule has 20 heavy (non-hydrogen) atoms. The molecule has 0 saturated heterocycles. The molecule has 2 rings (SSSR count). The largest absolute Gasteiger partial charge is 0.412 e. The second kappa shape index (κ2) is 7.34. The Labute approximate surface area is 121 Å². The van der Waals surface area contributed by atoms with E-state index in [4.69, 9.17) is 10.5 Å². The molecule has 5 heteroatoms. The van der Waals surface area contributed by atoms with Crippen LogP contribution >= 0.6 is 11.3 Å². The van der Waals surface area contributed by atoms with E-state index in [2.05, 4.69) is 17.2 Å². The molecule has 0 unspecified atom stereocenters. The Kier molecular flexibility index (Phi) is 5.18. The molecule has 2 aromatic rings. The van der Waals surface area contributed by atoms with Gasteiger partial charge in [0.25, 0.3) is 0 Å². The third-order valence-electron chi connectivity index (χ3n) is 2.35. The SMILES string of the molecule is NCC#Cc1csc(CNC(=O)Oc2ccccc2)c1. The van der Waals surface area contributed by atoms with Crippen LogP contribution in [0.4, 0.5) is 4.79 Å². The summed E-state index contributed by atoms with van der Waals surface area (Å²) in [4.78, 5) is 12.6. The number of hydrogen-bond donors (Lipinski definition) is 2. The first-order valence-corrected chi connectivity index (χ1v) is 6.93. The summed E-state index contributed by atoms with van der Waals surface area (Å²) in [6.07, 6.45) is -0.473. The number of nitrogens with one attached hydrogen (secondary N) is 1. The number of hydrogen-bond acceptors (Lipinski definition) is 4. The quantitative estimate of drug-likeness (QED) is 0.851. The molecule has 1 aromatic heterocycles. The number of rotatable bonds is 3. The van der Waals surface area contributed by atoms with Crippen molar-refractivity contribution < 1.29 is 9.53 Å². The highest BCUT2D eigenvalue weighted by atomic mass is 32.1. The van der Waals surface area contributed by atoms with Crippen LogP contribution in [0, 0.1) is 11.8 Å². The van der Waals surface area contributed by atoms with Gasteiger partial charge in [0.15, 0.2) is 0 Å². The molecule has 0 atom stereocenters. The topological polar surface area (TPSA) is 64.3 Å². The van der Waals surface area contributed by atoms with Crippen LogP contribution in [0.2, 0.25) is 0 Å². The number of nitrogens with two attached hydrogens (primary N) is 1. The van der Waals surface area contributed by atoms with Gasteiger partial charge in [-0.2, -0.15) is 0 Å². The number of amides is 1. The monoisotopic (exact) mass is 286 g/mol. The Balaban J connectivity index is 1.83. The Bertz CT molecular complexity index is 626. The highest BCUT2D eigenvalue weighted by Crippen LogP contribution is 2.14. The van der Waals surface area contributed by atoms with Crippen LogP contribution in [0.1, 0.15) is 10.4 Å². The molecule has 4 nitrogen and oxygen atoms in total. The van der Waals surface area contributed by atoms with Crippen LogP contribution in [0.3, 0.4) is 0 Å². The molecule has 0 aliphatic rings. The zero-order valence-electron chi connectivity index (χ0n) is 10.8. The van der Waals surface area contributed by atoms with Gasteiger partial charge in [0, 0.05) is 15.8 Å². The molecular weight excluding hydrogens is 272 g/mol. The second-order valence-corrected chi connectivity index (χ2v) is 4.86. The van der Waals surface area contributed by atoms with E-state index in [1.54, 1.807) is 12.1 Å². The van der Waals surface area contributed by atoms with E-state index in [9.17, 15) is 4.79 Å². The van der Waals surface area contributed by atoms with Crippen molar-refractivity contribution in [1.29, 1.82) is 0 Å². The minimum absolute atomic E-state index is 0.340. The number of benzene rings is 1. The van der Waals surface area contributed by atoms with E-state index < -0.39 is 6.09 Å². The summed E-state index contributed by atoms with van der Waals surface area (Å²) >= 11 is 1.53. The molecule has 102 valence electrons. The first kappa shape index (κ1) is 14.1. The molecule has 0 radical (unpaired) electrons. The molecule has 0 fully saturated rings. The molecule has 1 aromatic carbocycles. The van der Waals surface area contributed by atoms with Crippen LogP contribution < -0.4 is 15.8 Å². The van der Waals surface area contributed by atoms with Gasteiger partial charge in [0.05, 0.1) is 13.1 Å². The Hall–Kier alpha value is -2.29. The fourth-order valence-corrected chi connectivity index (χ4v) is 2.24. The number of para-hydroxylation sites is 1. The van der Waals surface area contributed by atoms with Crippen molar-refractivity contribution in [2.24, 2.45) is 5.73 Å². The van der Waals surface area contributed by atoms with Crippen LogP contribution in [-0.2, 0) is 6.54 Å². The first-order chi connectivity index (χ1) is 9.78. The molecule has 1 amide bonds. The number of carbonyl (C=O) groups excluding carboxylic acids is 1. The fraction of sp³-hybridized carbons (Fsp3) is 0.133. The van der Waals surface area contributed by atoms with Gasteiger partial charge >= 0.3 is 6.09 Å². The maximum atomic E-state index is 11.6. The van der Waals surface area contributed by atoms with Crippen molar-refractivity contribution in [2.45, 2.75) is 6.54 Å². The van der Waals surface area contributed by atoms with E-state index >= 15 is 0 Å². The maximum Gasteiger partial charge on any atom is 0.412 e. The Morgan fingerprint density at radius 1 is 1.35 bits per heavy atom. The number of carbonyl (C=O) groups is 1. The lowest BCUT2D eigenvalue weighted by Crippen LogP contribution is -2.25. The minimum Gasteiger partial charge on any atom is -0.410 e. The molecule has 0 saturated carbocycles. The highest BCUT2D eigenvalue weighted by molar-refractivity contribution is 7.10. The lowest BCUT2D eigenvalue weighted by Gasteiger charge is -2.04. The second-order valence-electron chi connectivity index (χ2n) is 3.86. The standard InChI is InChI=1S/C15H14N2O2S/c16-8-4-5-12-9-14(20-11-12)10-17-15(18)19-13-6-2-1-3-7-13/h1-3,6-7,9,11H,8,10,16H2,(H,17,18). The maximum absolute atomic E-state index is 11.6. The third-order valence-corrected chi connectivity index (χ3v) is 3.29. The van der Waals surface area contributed by atoms with Crippen molar-refractivity contribution in [3.63, 3.8) is 0 Å². The first-order valence-electron chi connectivity index (χ1n) is 6.05. The Morgan fingerprint density at radius 2 is 2.15 bits per heavy atom. The third kappa shape index (κ3) is 4.43. The van der Waals surface area contributed by atoms with Crippen LogP contribution in [0.25, 0.3) is 0 Å². The van der Waals surface area contributed by atoms with Crippen molar-refractivity contribution in [3.8, 4) is 17.6 Å². The number of thiophene rings is 1. The average Bonchev–Trinajstić information content (AvgIpc) is 2.92. The zero-order chi connectivity index (χ0) is 14.2. The van der Waals surface area contributed by atoms with Gasteiger partial charge in [-0.15, -0.1) is 11.3 Å². The normalized spacial score (nSPS) is 9.45. The van der Waals surface area contributed by atoms with Crippen LogP contribution in [0.15, 0.2) is 41.8 Å². The Morgan fingerprint density at radius 3 is 2.90 bits per heavy atom. The lowest BCUT2D eigenvalue weighted by atomic mass is 10.3. The summed E-state index contributed by atoms with van der Waals surface area (Å²) in [5.74, 6) is 6.25. The van der Waals surface area contributed by atoms with Gasteiger partial charge in [-0.1, -0.05) is 30.0 Å². The summed E-state index contributed by atoms with van der Waals surface area (Å²) in [7, 11) is 0. The van der Waals surface area contributed by atoms with Crippen LogP contribution in [0.5, 0.6) is 5.75 Å². The molecular formula is C15H14N2O2S. The van der Waals surface area contributed by atoms with E-state index in [1.807, 2.05) is 29.6 Å². The van der Waals surface area contributed by atoms with Crippen molar-refractivity contribution in [3.05, 3.63) is 52.2 Å². The predicted octanol–water partition coefficient (Wildman–Crippen LogP) is 2.35. The molecule has 0 aliphatic heterocycles. The van der Waals surface area contributed by atoms with E-state index in [-0.39, 0.29) is 0 Å². The van der Waals surface area contributed by atoms with Crippen molar-refractivity contribution >= 4 is 17.4 Å². The van der Waals surface area contributed by atoms with E-state index in [0.29, 0.717) is 18.8 Å². The van der Waals surface area contributed by atoms with Gasteiger partial charge in [-0.25, -0.2) is 4.79 Å². The predicted molar refractivity (Wildman–Crippen MR) is 79.6 cm³/mol. The van der Waals surface area contributed by atoms with Crippen molar-refractivity contribution in [1.82, 2.24) is 5.32 Å². The molecule has 0 bridgehead atoms. The zero-order valence-corrected chi connectivity index (χ0v) is 11.6. The van der Waals surface area contributed by atoms with Crippen molar-refractivity contribution in [2.75, 3.05) is 6.54 Å². The summed E-state index contributed by atoms with van der Waals surface area (Å²) < 4.78 is 5.12. The fourth-order valence-electron chi connectivity index (χ4n) is 1.48. The molecule has 0 aliphatic carbocycles. The van der Waals surface area contributed by atoms with Gasteiger partial charge in [-0.05, 0) is 18.2 Å². The van der Waals surface area contributed by atoms with E-state index in [0.717, 1.165) is 10.4 Å². The summed E-state index contributed by atoms with van der Waals surface area (Å²) in [6, 6.07) is 10.9. The smallest absolute Gasteiger partial charge is 0.410 e. The van der Waals surface area contributed by atoms with Gasteiger partial charge < -0.3 is 15.8 Å². The van der Waals surface area contributed by atoms with E-state index in [1.165, 1.54) is 11.3 Å². The lowest BCUT2D eigenvalue weighted by molar-refractivity contribution is 0.200. The number of ether oxygens (including phenoxy) is 1. The highest BCUT2D eigenvalue weighted by Gasteiger charge is 2.04.